The molecule has 0 atom stereocenters. The molecule has 230 valence electrons. The van der Waals surface area contributed by atoms with E-state index in [4.69, 9.17) is 9.47 Å². The maximum Gasteiger partial charge on any atom is 0.433 e. The van der Waals surface area contributed by atoms with Crippen LogP contribution in [0.5, 0.6) is 5.88 Å². The van der Waals surface area contributed by atoms with Crippen molar-refractivity contribution < 1.29 is 22.6 Å². The van der Waals surface area contributed by atoms with Crippen LogP contribution in [0.4, 0.5) is 13.2 Å². The molecule has 2 aliphatic heterocycles. The third-order valence-electron chi connectivity index (χ3n) is 9.00. The van der Waals surface area contributed by atoms with Gasteiger partial charge < -0.3 is 19.8 Å². The Morgan fingerprint density at radius 1 is 1.18 bits per heavy atom. The maximum absolute atomic E-state index is 13.6. The van der Waals surface area contributed by atoms with Crippen LogP contribution in [0.15, 0.2) is 43.1 Å². The van der Waals surface area contributed by atoms with Crippen molar-refractivity contribution in [2.75, 3.05) is 26.3 Å². The van der Waals surface area contributed by atoms with E-state index in [1.165, 1.54) is 6.33 Å². The second-order valence-electron chi connectivity index (χ2n) is 11.9. The van der Waals surface area contributed by atoms with Gasteiger partial charge in [-0.2, -0.15) is 23.5 Å². The lowest BCUT2D eigenvalue weighted by Crippen LogP contribution is -2.58. The molecule has 1 saturated carbocycles. The summed E-state index contributed by atoms with van der Waals surface area (Å²) in [6.07, 6.45) is 5.60. The van der Waals surface area contributed by atoms with E-state index in [-0.39, 0.29) is 30.6 Å². The zero-order chi connectivity index (χ0) is 30.3. The monoisotopic (exact) mass is 607 g/mol. The molecule has 0 amide bonds. The molecule has 0 radical (unpaired) electrons. The van der Waals surface area contributed by atoms with Gasteiger partial charge in [-0.05, 0) is 43.4 Å². The van der Waals surface area contributed by atoms with E-state index in [0.717, 1.165) is 54.3 Å². The first-order valence-electron chi connectivity index (χ1n) is 14.8. The van der Waals surface area contributed by atoms with Gasteiger partial charge in [-0.3, -0.25) is 9.58 Å². The molecule has 44 heavy (non-hydrogen) atoms. The van der Waals surface area contributed by atoms with Gasteiger partial charge in [0.1, 0.15) is 23.8 Å². The number of rotatable bonds is 9. The Morgan fingerprint density at radius 3 is 2.73 bits per heavy atom. The van der Waals surface area contributed by atoms with E-state index >= 15 is 0 Å². The van der Waals surface area contributed by atoms with Crippen molar-refractivity contribution in [2.45, 2.75) is 68.6 Å². The molecule has 4 aromatic rings. The number of likely N-dealkylation sites (tertiary alicyclic amines) is 1. The maximum atomic E-state index is 13.6. The summed E-state index contributed by atoms with van der Waals surface area (Å²) in [5, 5.41) is 18.4. The number of nitrogens with zero attached hydrogens (tertiary/aromatic N) is 7. The van der Waals surface area contributed by atoms with Gasteiger partial charge in [0.2, 0.25) is 5.88 Å². The molecule has 4 aromatic heterocycles. The Labute approximate surface area is 251 Å². The fourth-order valence-electron chi connectivity index (χ4n) is 6.45. The van der Waals surface area contributed by atoms with Crippen LogP contribution in [0.3, 0.4) is 0 Å². The zero-order valence-corrected chi connectivity index (χ0v) is 23.9. The predicted octanol–water partition coefficient (Wildman–Crippen LogP) is 4.04. The summed E-state index contributed by atoms with van der Waals surface area (Å²) in [5.74, 6) is 0.00621. The molecule has 3 fully saturated rings. The molecule has 11 nitrogen and oxygen atoms in total. The quantitative estimate of drug-likeness (QED) is 0.290. The highest BCUT2D eigenvalue weighted by atomic mass is 19.4. The average molecular weight is 608 g/mol. The van der Waals surface area contributed by atoms with Gasteiger partial charge in [-0.1, -0.05) is 0 Å². The van der Waals surface area contributed by atoms with E-state index in [1.807, 2.05) is 23.1 Å². The Kier molecular flexibility index (Phi) is 7.47. The van der Waals surface area contributed by atoms with Gasteiger partial charge in [0.15, 0.2) is 0 Å². The summed E-state index contributed by atoms with van der Waals surface area (Å²) in [4.78, 5) is 18.0. The van der Waals surface area contributed by atoms with Crippen molar-refractivity contribution in [2.24, 2.45) is 0 Å². The van der Waals surface area contributed by atoms with E-state index in [1.54, 1.807) is 12.3 Å². The molecule has 2 N–H and O–H groups in total. The molecular weight excluding hydrogens is 575 g/mol. The van der Waals surface area contributed by atoms with Crippen LogP contribution in [-0.4, -0.2) is 79.1 Å². The van der Waals surface area contributed by atoms with Crippen LogP contribution in [0.2, 0.25) is 0 Å². The predicted molar refractivity (Wildman–Crippen MR) is 152 cm³/mol. The van der Waals surface area contributed by atoms with Crippen LogP contribution in [-0.2, 0) is 23.0 Å². The SMILES string of the molecule is N#CC[C@]1(n2cc(-c3ncnc4[nH]ccc34)cn2)C[C@H](N2CCC(Oc3cc(CNC4COC4)cc(C(F)(F)F)n3)CC2)C1. The van der Waals surface area contributed by atoms with Crippen LogP contribution >= 0.6 is 0 Å². The van der Waals surface area contributed by atoms with Gasteiger partial charge >= 0.3 is 6.18 Å². The van der Waals surface area contributed by atoms with Crippen molar-refractivity contribution in [1.82, 2.24) is 39.9 Å². The Balaban J connectivity index is 0.975. The number of aromatic amines is 1. The normalized spacial score (nSPS) is 23.3. The number of hydrogen-bond acceptors (Lipinski definition) is 9. The standard InChI is InChI=1S/C30H32F3N9O2/c31-30(32,33)25-9-19(13-36-21-16-43-17-21)10-26(40-25)44-23-2-7-41(8-3-23)22-11-29(12-22,4-5-34)42-15-20(14-39-42)27-24-1-6-35-28(24)38-18-37-27/h1,6,9-10,14-15,18,21-23,36H,2-4,7-8,11-13,16-17H2,(H,35,37,38)/t22-,29-. The Hall–Kier alpha value is -4.06. The molecule has 14 heteroatoms. The van der Waals surface area contributed by atoms with E-state index in [0.29, 0.717) is 38.0 Å². The fraction of sp³-hybridized carbons (Fsp3) is 0.500. The van der Waals surface area contributed by atoms with Gasteiger partial charge in [-0.15, -0.1) is 0 Å². The minimum absolute atomic E-state index is 0.00621. The highest BCUT2D eigenvalue weighted by Crippen LogP contribution is 2.45. The Bertz CT molecular complexity index is 1660. The number of nitrogens with one attached hydrogen (secondary N) is 2. The minimum Gasteiger partial charge on any atom is -0.474 e. The minimum atomic E-state index is -4.56. The molecule has 6 heterocycles. The summed E-state index contributed by atoms with van der Waals surface area (Å²) >= 11 is 0. The highest BCUT2D eigenvalue weighted by molar-refractivity contribution is 5.90. The third-order valence-corrected chi connectivity index (χ3v) is 9.00. The number of hydrogen-bond donors (Lipinski definition) is 2. The van der Waals surface area contributed by atoms with E-state index in [2.05, 4.69) is 41.3 Å². The van der Waals surface area contributed by atoms with Gasteiger partial charge in [0.25, 0.3) is 0 Å². The average Bonchev–Trinajstić information content (AvgIpc) is 3.64. The lowest BCUT2D eigenvalue weighted by atomic mass is 9.69. The molecule has 7 rings (SSSR count). The number of fused-ring (bicyclic) bond motifs is 1. The molecule has 2 saturated heterocycles. The summed E-state index contributed by atoms with van der Waals surface area (Å²) < 4.78 is 53.8. The van der Waals surface area contributed by atoms with E-state index in [9.17, 15) is 18.4 Å². The van der Waals surface area contributed by atoms with Crippen molar-refractivity contribution >= 4 is 11.0 Å². The first kappa shape index (κ1) is 28.7. The van der Waals surface area contributed by atoms with Gasteiger partial charge in [0, 0.05) is 55.1 Å². The molecule has 0 bridgehead atoms. The summed E-state index contributed by atoms with van der Waals surface area (Å²) in [7, 11) is 0. The summed E-state index contributed by atoms with van der Waals surface area (Å²) in [6.45, 7) is 2.91. The largest absolute Gasteiger partial charge is 0.474 e. The Morgan fingerprint density at radius 2 is 2.00 bits per heavy atom. The number of alkyl halides is 3. The number of H-pyrrole nitrogens is 1. The molecule has 0 aromatic carbocycles. The lowest BCUT2D eigenvalue weighted by molar-refractivity contribution is -0.141. The highest BCUT2D eigenvalue weighted by Gasteiger charge is 2.49. The first-order valence-corrected chi connectivity index (χ1v) is 14.8. The van der Waals surface area contributed by atoms with Crippen LogP contribution in [0, 0.1) is 11.3 Å². The smallest absolute Gasteiger partial charge is 0.433 e. The van der Waals surface area contributed by atoms with Crippen LogP contribution < -0.4 is 10.1 Å². The van der Waals surface area contributed by atoms with Crippen molar-refractivity contribution in [3.63, 3.8) is 0 Å². The fourth-order valence-corrected chi connectivity index (χ4v) is 6.45. The number of nitriles is 1. The third kappa shape index (κ3) is 5.62. The number of pyridine rings is 1. The number of piperidine rings is 1. The molecule has 1 aliphatic carbocycles. The topological polar surface area (TPSA) is 130 Å². The summed E-state index contributed by atoms with van der Waals surface area (Å²) in [5.41, 5.74) is 1.55. The van der Waals surface area contributed by atoms with Gasteiger partial charge in [0.05, 0.1) is 49.2 Å². The second-order valence-corrected chi connectivity index (χ2v) is 11.9. The van der Waals surface area contributed by atoms with Crippen LogP contribution in [0.1, 0.15) is 43.4 Å². The lowest BCUT2D eigenvalue weighted by Gasteiger charge is -2.52. The number of ether oxygens (including phenoxy) is 2. The number of aromatic nitrogens is 6. The van der Waals surface area contributed by atoms with Crippen molar-refractivity contribution in [3.05, 3.63) is 54.4 Å². The molecule has 3 aliphatic rings. The van der Waals surface area contributed by atoms with Crippen molar-refractivity contribution in [3.8, 4) is 23.2 Å². The second kappa shape index (κ2) is 11.5. The van der Waals surface area contributed by atoms with Crippen molar-refractivity contribution in [1.29, 1.82) is 5.26 Å². The molecule has 0 unspecified atom stereocenters. The van der Waals surface area contributed by atoms with Crippen LogP contribution in [0.25, 0.3) is 22.3 Å². The molecular formula is C30H32F3N9O2. The first-order chi connectivity index (χ1) is 21.3. The number of halogens is 3. The summed E-state index contributed by atoms with van der Waals surface area (Å²) in [6, 6.07) is 7.39. The zero-order valence-electron chi connectivity index (χ0n) is 23.9. The van der Waals surface area contributed by atoms with Gasteiger partial charge in [-0.25, -0.2) is 15.0 Å². The molecule has 0 spiro atoms. The van der Waals surface area contributed by atoms with E-state index < -0.39 is 17.4 Å².